The lowest BCUT2D eigenvalue weighted by atomic mass is 10.0. The first-order chi connectivity index (χ1) is 5.56. The largest absolute Gasteiger partial charge is 0.115 e. The topological polar surface area (TPSA) is 0 Å². The minimum atomic E-state index is -0.289. The molecule has 0 amide bonds. The Kier molecular flexibility index (Phi) is 2.97. The minimum Gasteiger partial charge on any atom is -0.115 e. The maximum Gasteiger partial charge on any atom is 0.0637 e. The van der Waals surface area contributed by atoms with Crippen LogP contribution in [0, 0.1) is 6.92 Å². The van der Waals surface area contributed by atoms with Crippen molar-refractivity contribution in [2.45, 2.75) is 24.8 Å². The van der Waals surface area contributed by atoms with Crippen LogP contribution in [0.5, 0.6) is 0 Å². The van der Waals surface area contributed by atoms with Crippen LogP contribution in [0.25, 0.3) is 0 Å². The van der Waals surface area contributed by atoms with Crippen LogP contribution in [0.3, 0.4) is 0 Å². The maximum atomic E-state index is 6.27. The van der Waals surface area contributed by atoms with Gasteiger partial charge in [-0.1, -0.05) is 29.8 Å². The van der Waals surface area contributed by atoms with E-state index in [-0.39, 0.29) is 4.87 Å². The highest BCUT2D eigenvalue weighted by molar-refractivity contribution is 6.28. The van der Waals surface area contributed by atoms with Gasteiger partial charge in [-0.3, -0.25) is 0 Å². The summed E-state index contributed by atoms with van der Waals surface area (Å²) < 4.78 is 0. The Morgan fingerprint density at radius 1 is 1.50 bits per heavy atom. The highest BCUT2D eigenvalue weighted by atomic mass is 35.5. The molecule has 0 saturated heterocycles. The summed E-state index contributed by atoms with van der Waals surface area (Å²) in [6, 6.07) is 9.04. The molecule has 63 valence electrons. The van der Waals surface area contributed by atoms with Crippen molar-refractivity contribution in [2.24, 2.45) is 0 Å². The van der Waals surface area contributed by atoms with E-state index in [2.05, 4.69) is 35.4 Å². The molecule has 12 heavy (non-hydrogen) atoms. The Labute approximate surface area is 82.4 Å². The normalized spacial score (nSPS) is 15.7. The lowest BCUT2D eigenvalue weighted by Gasteiger charge is -2.20. The molecule has 1 rings (SSSR count). The van der Waals surface area contributed by atoms with Gasteiger partial charge in [0.2, 0.25) is 0 Å². The molecular weight excluding hydrogens is 184 g/mol. The van der Waals surface area contributed by atoms with E-state index in [9.17, 15) is 0 Å². The van der Waals surface area contributed by atoms with E-state index >= 15 is 0 Å². The van der Waals surface area contributed by atoms with Crippen LogP contribution in [0.4, 0.5) is 0 Å². The molecule has 0 aliphatic carbocycles. The van der Waals surface area contributed by atoms with E-state index in [4.69, 9.17) is 11.6 Å². The number of hydrogen-bond donors (Lipinski definition) is 0. The molecule has 2 heteroatoms. The summed E-state index contributed by atoms with van der Waals surface area (Å²) in [6.07, 6.45) is 0. The number of benzene rings is 1. The molecule has 0 saturated carbocycles. The number of halogens is 1. The van der Waals surface area contributed by atoms with E-state index in [1.807, 2.05) is 13.0 Å². The monoisotopic (exact) mass is 195 g/mol. The van der Waals surface area contributed by atoms with Crippen molar-refractivity contribution >= 4 is 21.8 Å². The van der Waals surface area contributed by atoms with Gasteiger partial charge in [0.05, 0.1) is 4.87 Å². The fraction of sp³-hybridized carbons (Fsp3) is 0.400. The molecule has 1 atom stereocenters. The Morgan fingerprint density at radius 3 is 2.67 bits per heavy atom. The lowest BCUT2D eigenvalue weighted by molar-refractivity contribution is 0.763. The van der Waals surface area contributed by atoms with Crippen molar-refractivity contribution in [3.63, 3.8) is 0 Å². The summed E-state index contributed by atoms with van der Waals surface area (Å²) >= 11 is 6.27. The summed E-state index contributed by atoms with van der Waals surface area (Å²) in [6.45, 7) is 4.08. The summed E-state index contributed by atoms with van der Waals surface area (Å²) in [5.41, 5.74) is 2.42. The quantitative estimate of drug-likeness (QED) is 0.503. The van der Waals surface area contributed by atoms with Gasteiger partial charge in [-0.15, -0.1) is 11.6 Å². The zero-order chi connectivity index (χ0) is 9.19. The number of alkyl halides is 1. The van der Waals surface area contributed by atoms with Crippen molar-refractivity contribution in [3.8, 4) is 0 Å². The first-order valence-electron chi connectivity index (χ1n) is 3.97. The third-order valence-electron chi connectivity index (χ3n) is 1.95. The van der Waals surface area contributed by atoms with E-state index in [1.54, 1.807) is 0 Å². The molecule has 0 N–H and O–H groups in total. The van der Waals surface area contributed by atoms with Crippen LogP contribution in [0.2, 0.25) is 6.04 Å². The first-order valence-corrected chi connectivity index (χ1v) is 5.05. The molecule has 0 bridgehead atoms. The van der Waals surface area contributed by atoms with Crippen molar-refractivity contribution in [1.29, 1.82) is 0 Å². The third kappa shape index (κ3) is 2.11. The standard InChI is InChI=1S/C10H12ClSi/c1-8-4-3-5-9(6-8)10(2,11)7-12/h3-6H,7H2,1-2H3. The maximum absolute atomic E-state index is 6.27. The summed E-state index contributed by atoms with van der Waals surface area (Å²) in [5.74, 6) is 0. The smallest absolute Gasteiger partial charge is 0.0637 e. The van der Waals surface area contributed by atoms with Gasteiger partial charge in [-0.25, -0.2) is 0 Å². The van der Waals surface area contributed by atoms with Gasteiger partial charge in [-0.05, 0) is 25.5 Å². The summed E-state index contributed by atoms with van der Waals surface area (Å²) in [7, 11) is 3.45. The highest BCUT2D eigenvalue weighted by Crippen LogP contribution is 2.31. The predicted octanol–water partition coefficient (Wildman–Crippen LogP) is 3.04. The summed E-state index contributed by atoms with van der Waals surface area (Å²) in [4.78, 5) is -0.289. The highest BCUT2D eigenvalue weighted by Gasteiger charge is 2.20. The Balaban J connectivity index is 3.03. The molecule has 0 heterocycles. The third-order valence-corrected chi connectivity index (χ3v) is 3.24. The number of aryl methyl sites for hydroxylation is 1. The molecule has 0 spiro atoms. The average Bonchev–Trinajstić information content (AvgIpc) is 2.05. The molecule has 0 nitrogen and oxygen atoms in total. The van der Waals surface area contributed by atoms with E-state index in [1.165, 1.54) is 11.1 Å². The zero-order valence-corrected chi connectivity index (χ0v) is 9.15. The molecule has 3 radical (unpaired) electrons. The molecule has 0 fully saturated rings. The zero-order valence-electron chi connectivity index (χ0n) is 7.39. The van der Waals surface area contributed by atoms with E-state index in [0.717, 1.165) is 6.04 Å². The number of hydrogen-bond acceptors (Lipinski definition) is 0. The molecule has 1 unspecified atom stereocenters. The second-order valence-corrected chi connectivity index (χ2v) is 4.43. The fourth-order valence-electron chi connectivity index (χ4n) is 1.07. The van der Waals surface area contributed by atoms with Crippen molar-refractivity contribution < 1.29 is 0 Å². The Morgan fingerprint density at radius 2 is 2.17 bits per heavy atom. The second-order valence-electron chi connectivity index (χ2n) is 3.24. The van der Waals surface area contributed by atoms with Crippen LogP contribution >= 0.6 is 11.6 Å². The molecular formula is C10H12ClSi. The molecule has 1 aromatic rings. The van der Waals surface area contributed by atoms with Crippen LogP contribution in [-0.4, -0.2) is 10.2 Å². The molecule has 0 aliphatic rings. The lowest BCUT2D eigenvalue weighted by Crippen LogP contribution is -2.12. The average molecular weight is 196 g/mol. The van der Waals surface area contributed by atoms with Gasteiger partial charge in [0, 0.05) is 10.2 Å². The van der Waals surface area contributed by atoms with Gasteiger partial charge in [0.25, 0.3) is 0 Å². The Bertz CT molecular complexity index is 268. The minimum absolute atomic E-state index is 0.289. The van der Waals surface area contributed by atoms with Gasteiger partial charge in [-0.2, -0.15) is 0 Å². The van der Waals surface area contributed by atoms with Crippen molar-refractivity contribution in [1.82, 2.24) is 0 Å². The van der Waals surface area contributed by atoms with E-state index in [0.29, 0.717) is 0 Å². The second kappa shape index (κ2) is 3.63. The molecule has 1 aromatic carbocycles. The molecule has 0 aliphatic heterocycles. The van der Waals surface area contributed by atoms with Crippen LogP contribution in [0.1, 0.15) is 18.1 Å². The predicted molar refractivity (Wildman–Crippen MR) is 54.9 cm³/mol. The first kappa shape index (κ1) is 9.81. The van der Waals surface area contributed by atoms with Gasteiger partial charge >= 0.3 is 0 Å². The van der Waals surface area contributed by atoms with Gasteiger partial charge < -0.3 is 0 Å². The van der Waals surface area contributed by atoms with E-state index < -0.39 is 0 Å². The number of rotatable bonds is 2. The summed E-state index contributed by atoms with van der Waals surface area (Å²) in [5, 5.41) is 0. The van der Waals surface area contributed by atoms with Gasteiger partial charge in [0.1, 0.15) is 0 Å². The van der Waals surface area contributed by atoms with Crippen molar-refractivity contribution in [3.05, 3.63) is 35.4 Å². The SMILES string of the molecule is Cc1cccc(C(C)(Cl)C[Si])c1. The molecule has 0 aromatic heterocycles. The fourth-order valence-corrected chi connectivity index (χ4v) is 1.39. The van der Waals surface area contributed by atoms with Gasteiger partial charge in [0.15, 0.2) is 0 Å². The van der Waals surface area contributed by atoms with Crippen LogP contribution in [-0.2, 0) is 4.87 Å². The van der Waals surface area contributed by atoms with Crippen molar-refractivity contribution in [2.75, 3.05) is 0 Å². The van der Waals surface area contributed by atoms with Crippen LogP contribution in [0.15, 0.2) is 24.3 Å². The Hall–Kier alpha value is -0.273. The van der Waals surface area contributed by atoms with Crippen LogP contribution < -0.4 is 0 Å².